The number of amides is 1. The predicted octanol–water partition coefficient (Wildman–Crippen LogP) is 1.58. The van der Waals surface area contributed by atoms with Crippen molar-refractivity contribution in [3.63, 3.8) is 0 Å². The van der Waals surface area contributed by atoms with Crippen LogP contribution in [0.2, 0.25) is 0 Å². The zero-order valence-electron chi connectivity index (χ0n) is 9.40. The number of hydrogen-bond donors (Lipinski definition) is 0. The molecule has 1 amide bonds. The predicted molar refractivity (Wildman–Crippen MR) is 54.4 cm³/mol. The van der Waals surface area contributed by atoms with Gasteiger partial charge in [-0.3, -0.25) is 4.90 Å². The highest BCUT2D eigenvalue weighted by Gasteiger charge is 2.54. The van der Waals surface area contributed by atoms with Gasteiger partial charge in [0.1, 0.15) is 11.9 Å². The van der Waals surface area contributed by atoms with E-state index in [1.54, 1.807) is 4.90 Å². The van der Waals surface area contributed by atoms with Crippen LogP contribution in [0.5, 0.6) is 0 Å². The van der Waals surface area contributed by atoms with Crippen molar-refractivity contribution in [2.75, 3.05) is 0 Å². The molecule has 2 rings (SSSR count). The summed E-state index contributed by atoms with van der Waals surface area (Å²) in [4.78, 5) is 24.2. The molecule has 0 bridgehead atoms. The zero-order chi connectivity index (χ0) is 11.2. The molecule has 0 radical (unpaired) electrons. The first-order valence-corrected chi connectivity index (χ1v) is 5.39. The number of aldehydes is 1. The quantitative estimate of drug-likeness (QED) is 0.619. The van der Waals surface area contributed by atoms with Crippen molar-refractivity contribution in [2.45, 2.75) is 51.3 Å². The Morgan fingerprint density at radius 2 is 2.07 bits per heavy atom. The summed E-state index contributed by atoms with van der Waals surface area (Å²) in [7, 11) is 0. The number of carbonyl (C=O) groups excluding carboxylic acids is 2. The zero-order valence-corrected chi connectivity index (χ0v) is 9.40. The van der Waals surface area contributed by atoms with Crippen molar-refractivity contribution in [3.05, 3.63) is 0 Å². The Hall–Kier alpha value is -1.06. The molecule has 4 nitrogen and oxygen atoms in total. The molecule has 0 aromatic heterocycles. The van der Waals surface area contributed by atoms with E-state index in [9.17, 15) is 9.59 Å². The Labute approximate surface area is 89.6 Å². The highest BCUT2D eigenvalue weighted by atomic mass is 16.6. The Kier molecular flexibility index (Phi) is 2.24. The molecule has 2 unspecified atom stereocenters. The summed E-state index contributed by atoms with van der Waals surface area (Å²) < 4.78 is 5.28. The van der Waals surface area contributed by atoms with Gasteiger partial charge in [-0.2, -0.15) is 0 Å². The van der Waals surface area contributed by atoms with Crippen LogP contribution in [0.4, 0.5) is 4.79 Å². The number of fused-ring (bicyclic) bond motifs is 1. The molecule has 2 aliphatic rings. The average molecular weight is 211 g/mol. The summed E-state index contributed by atoms with van der Waals surface area (Å²) >= 11 is 0. The lowest BCUT2D eigenvalue weighted by Crippen LogP contribution is -2.42. The maximum atomic E-state index is 11.8. The van der Waals surface area contributed by atoms with E-state index < -0.39 is 5.60 Å². The van der Waals surface area contributed by atoms with E-state index in [-0.39, 0.29) is 18.2 Å². The van der Waals surface area contributed by atoms with E-state index >= 15 is 0 Å². The second-order valence-electron chi connectivity index (χ2n) is 5.39. The van der Waals surface area contributed by atoms with Gasteiger partial charge >= 0.3 is 6.09 Å². The number of rotatable bonds is 1. The number of hydrogen-bond acceptors (Lipinski definition) is 3. The van der Waals surface area contributed by atoms with E-state index in [2.05, 4.69) is 0 Å². The van der Waals surface area contributed by atoms with Crippen LogP contribution in [-0.4, -0.2) is 35.0 Å². The van der Waals surface area contributed by atoms with E-state index in [4.69, 9.17) is 4.74 Å². The van der Waals surface area contributed by atoms with Gasteiger partial charge in [-0.1, -0.05) is 0 Å². The van der Waals surface area contributed by atoms with Crippen molar-refractivity contribution in [3.8, 4) is 0 Å². The van der Waals surface area contributed by atoms with Crippen molar-refractivity contribution < 1.29 is 14.3 Å². The lowest BCUT2D eigenvalue weighted by atomic mass is 10.2. The Bertz CT molecular complexity index is 295. The number of piperidine rings is 1. The minimum atomic E-state index is -0.489. The van der Waals surface area contributed by atoms with Crippen LogP contribution in [0.1, 0.15) is 33.6 Å². The third kappa shape index (κ3) is 1.98. The second-order valence-corrected chi connectivity index (χ2v) is 5.39. The van der Waals surface area contributed by atoms with Crippen LogP contribution in [0.3, 0.4) is 0 Å². The molecule has 0 N–H and O–H groups in total. The van der Waals surface area contributed by atoms with Gasteiger partial charge in [-0.25, -0.2) is 4.79 Å². The Balaban J connectivity index is 2.02. The molecule has 84 valence electrons. The first-order valence-electron chi connectivity index (χ1n) is 5.39. The van der Waals surface area contributed by atoms with Gasteiger partial charge in [0.15, 0.2) is 0 Å². The van der Waals surface area contributed by atoms with Gasteiger partial charge in [-0.15, -0.1) is 0 Å². The normalized spacial score (nSPS) is 33.5. The molecule has 4 heteroatoms. The molecular weight excluding hydrogens is 194 g/mol. The summed E-state index contributed by atoms with van der Waals surface area (Å²) in [6.45, 7) is 5.50. The number of nitrogens with zero attached hydrogens (tertiary/aromatic N) is 1. The second kappa shape index (κ2) is 3.22. The van der Waals surface area contributed by atoms with Gasteiger partial charge < -0.3 is 9.53 Å². The third-order valence-electron chi connectivity index (χ3n) is 2.91. The Morgan fingerprint density at radius 1 is 1.40 bits per heavy atom. The maximum Gasteiger partial charge on any atom is 0.411 e. The van der Waals surface area contributed by atoms with Crippen molar-refractivity contribution in [2.24, 2.45) is 5.92 Å². The SMILES string of the molecule is CC(C)(C)OC(=O)N1C(C=O)CC2C[C@H]21. The van der Waals surface area contributed by atoms with Crippen LogP contribution >= 0.6 is 0 Å². The van der Waals surface area contributed by atoms with Crippen molar-refractivity contribution in [1.29, 1.82) is 0 Å². The van der Waals surface area contributed by atoms with Crippen molar-refractivity contribution >= 4 is 12.4 Å². The summed E-state index contributed by atoms with van der Waals surface area (Å²) in [5, 5.41) is 0. The molecule has 1 aliphatic heterocycles. The smallest absolute Gasteiger partial charge is 0.411 e. The molecular formula is C11H17NO3. The Morgan fingerprint density at radius 3 is 2.60 bits per heavy atom. The molecule has 15 heavy (non-hydrogen) atoms. The molecule has 2 fully saturated rings. The molecule has 1 heterocycles. The number of ether oxygens (including phenoxy) is 1. The van der Waals surface area contributed by atoms with E-state index in [0.717, 1.165) is 19.1 Å². The number of likely N-dealkylation sites (tertiary alicyclic amines) is 1. The first kappa shape index (κ1) is 10.5. The minimum absolute atomic E-state index is 0.259. The van der Waals surface area contributed by atoms with Gasteiger partial charge in [0.25, 0.3) is 0 Å². The summed E-state index contributed by atoms with van der Waals surface area (Å²) in [6, 6.07) is -0.00125. The van der Waals surface area contributed by atoms with Crippen LogP contribution in [0, 0.1) is 5.92 Å². The van der Waals surface area contributed by atoms with E-state index in [1.807, 2.05) is 20.8 Å². The lowest BCUT2D eigenvalue weighted by Gasteiger charge is -2.28. The maximum absolute atomic E-state index is 11.8. The largest absolute Gasteiger partial charge is 0.444 e. The molecule has 1 saturated carbocycles. The van der Waals surface area contributed by atoms with Gasteiger partial charge in [0.05, 0.1) is 6.04 Å². The topological polar surface area (TPSA) is 46.6 Å². The first-order chi connectivity index (χ1) is 6.92. The highest BCUT2D eigenvalue weighted by molar-refractivity contribution is 5.76. The number of carbonyl (C=O) groups is 2. The molecule has 3 atom stereocenters. The highest BCUT2D eigenvalue weighted by Crippen LogP contribution is 2.47. The fourth-order valence-electron chi connectivity index (χ4n) is 2.20. The molecule has 1 saturated heterocycles. The van der Waals surface area contributed by atoms with Gasteiger partial charge in [-0.05, 0) is 39.5 Å². The van der Waals surface area contributed by atoms with E-state index in [0.29, 0.717) is 5.92 Å². The summed E-state index contributed by atoms with van der Waals surface area (Å²) in [5.74, 6) is 0.535. The average Bonchev–Trinajstić information content (AvgIpc) is 2.73. The van der Waals surface area contributed by atoms with E-state index in [1.165, 1.54) is 0 Å². The minimum Gasteiger partial charge on any atom is -0.444 e. The van der Waals surface area contributed by atoms with Crippen LogP contribution in [0.15, 0.2) is 0 Å². The van der Waals surface area contributed by atoms with Crippen LogP contribution in [0.25, 0.3) is 0 Å². The monoisotopic (exact) mass is 211 g/mol. The molecule has 1 aliphatic carbocycles. The molecule has 0 aromatic carbocycles. The standard InChI is InChI=1S/C11H17NO3/c1-11(2,3)15-10(14)12-8(6-13)4-7-5-9(7)12/h6-9H,4-5H2,1-3H3/t7?,8?,9-/m1/s1. The van der Waals surface area contributed by atoms with Crippen LogP contribution < -0.4 is 0 Å². The molecule has 0 spiro atoms. The molecule has 0 aromatic rings. The fourth-order valence-corrected chi connectivity index (χ4v) is 2.20. The lowest BCUT2D eigenvalue weighted by molar-refractivity contribution is -0.112. The van der Waals surface area contributed by atoms with Crippen molar-refractivity contribution in [1.82, 2.24) is 4.90 Å². The third-order valence-corrected chi connectivity index (χ3v) is 2.91. The van der Waals surface area contributed by atoms with Gasteiger partial charge in [0, 0.05) is 6.04 Å². The summed E-state index contributed by atoms with van der Waals surface area (Å²) in [5.41, 5.74) is -0.489. The summed E-state index contributed by atoms with van der Waals surface area (Å²) in [6.07, 6.45) is 2.36. The van der Waals surface area contributed by atoms with Gasteiger partial charge in [0.2, 0.25) is 0 Å². The van der Waals surface area contributed by atoms with Crippen LogP contribution in [-0.2, 0) is 9.53 Å². The fraction of sp³-hybridized carbons (Fsp3) is 0.818.